The molecule has 6 heteroatoms. The zero-order valence-corrected chi connectivity index (χ0v) is 9.23. The van der Waals surface area contributed by atoms with Gasteiger partial charge in [0, 0.05) is 19.7 Å². The van der Waals surface area contributed by atoms with Crippen molar-refractivity contribution in [2.24, 2.45) is 0 Å². The Hall–Kier alpha value is -1.61. The summed E-state index contributed by atoms with van der Waals surface area (Å²) in [6, 6.07) is 1.75. The largest absolute Gasteiger partial charge is 0.377 e. The van der Waals surface area contributed by atoms with E-state index in [1.165, 1.54) is 4.90 Å². The standard InChI is InChI=1S/C10H15N3O3/c1-8-7-13(5-2-6-16-8)10(15)9(14)12-4-3-11/h8H,2,4-7H2,1H3,(H,12,14). The summed E-state index contributed by atoms with van der Waals surface area (Å²) in [5.74, 6) is -1.32. The lowest BCUT2D eigenvalue weighted by molar-refractivity contribution is -0.146. The maximum Gasteiger partial charge on any atom is 0.311 e. The highest BCUT2D eigenvalue weighted by molar-refractivity contribution is 6.35. The van der Waals surface area contributed by atoms with Crippen molar-refractivity contribution in [1.29, 1.82) is 5.26 Å². The Bertz CT molecular complexity index is 311. The highest BCUT2D eigenvalue weighted by atomic mass is 16.5. The van der Waals surface area contributed by atoms with Crippen LogP contribution in [0, 0.1) is 11.3 Å². The summed E-state index contributed by atoms with van der Waals surface area (Å²) in [5, 5.41) is 10.5. The predicted molar refractivity (Wildman–Crippen MR) is 55.2 cm³/mol. The molecule has 0 saturated carbocycles. The molecule has 0 radical (unpaired) electrons. The molecule has 0 bridgehead atoms. The number of carbonyl (C=O) groups is 2. The first kappa shape index (κ1) is 12.5. The summed E-state index contributed by atoms with van der Waals surface area (Å²) in [6.45, 7) is 3.25. The average molecular weight is 225 g/mol. The number of nitriles is 1. The summed E-state index contributed by atoms with van der Waals surface area (Å²) in [4.78, 5) is 24.4. The Balaban J connectivity index is 2.51. The molecule has 0 aromatic heterocycles. The second-order valence-electron chi connectivity index (χ2n) is 3.63. The number of ether oxygens (including phenoxy) is 1. The lowest BCUT2D eigenvalue weighted by atomic mass is 10.3. The van der Waals surface area contributed by atoms with Crippen LogP contribution in [0.2, 0.25) is 0 Å². The monoisotopic (exact) mass is 225 g/mol. The van der Waals surface area contributed by atoms with E-state index in [1.54, 1.807) is 6.07 Å². The SMILES string of the molecule is CC1CN(C(=O)C(=O)NCC#N)CCCO1. The van der Waals surface area contributed by atoms with Crippen LogP contribution in [-0.4, -0.2) is 49.1 Å². The van der Waals surface area contributed by atoms with Crippen LogP contribution in [0.1, 0.15) is 13.3 Å². The number of hydrogen-bond donors (Lipinski definition) is 1. The van der Waals surface area contributed by atoms with Crippen LogP contribution in [-0.2, 0) is 14.3 Å². The number of nitrogens with one attached hydrogen (secondary N) is 1. The molecule has 88 valence electrons. The molecule has 6 nitrogen and oxygen atoms in total. The van der Waals surface area contributed by atoms with Crippen molar-refractivity contribution in [3.8, 4) is 6.07 Å². The minimum absolute atomic E-state index is 0.0600. The van der Waals surface area contributed by atoms with E-state index in [-0.39, 0.29) is 12.6 Å². The van der Waals surface area contributed by atoms with Gasteiger partial charge in [0.1, 0.15) is 6.54 Å². The maximum absolute atomic E-state index is 11.7. The average Bonchev–Trinajstić information content (AvgIpc) is 2.49. The van der Waals surface area contributed by atoms with Gasteiger partial charge in [-0.2, -0.15) is 5.26 Å². The van der Waals surface area contributed by atoms with Crippen molar-refractivity contribution in [3.63, 3.8) is 0 Å². The lowest BCUT2D eigenvalue weighted by Gasteiger charge is -2.20. The van der Waals surface area contributed by atoms with Gasteiger partial charge in [-0.1, -0.05) is 0 Å². The number of rotatable bonds is 1. The second kappa shape index (κ2) is 6.08. The Morgan fingerprint density at radius 1 is 1.62 bits per heavy atom. The van der Waals surface area contributed by atoms with Crippen LogP contribution in [0.15, 0.2) is 0 Å². The van der Waals surface area contributed by atoms with Crippen molar-refractivity contribution in [2.45, 2.75) is 19.4 Å². The van der Waals surface area contributed by atoms with Crippen molar-refractivity contribution in [2.75, 3.05) is 26.2 Å². The summed E-state index contributed by atoms with van der Waals surface area (Å²) < 4.78 is 5.37. The fraction of sp³-hybridized carbons (Fsp3) is 0.700. The summed E-state index contributed by atoms with van der Waals surface area (Å²) in [6.07, 6.45) is 0.664. The van der Waals surface area contributed by atoms with E-state index < -0.39 is 11.8 Å². The van der Waals surface area contributed by atoms with E-state index in [0.717, 1.165) is 6.42 Å². The topological polar surface area (TPSA) is 82.4 Å². The third-order valence-corrected chi connectivity index (χ3v) is 2.26. The smallest absolute Gasteiger partial charge is 0.311 e. The molecule has 1 rings (SSSR count). The Morgan fingerprint density at radius 3 is 3.06 bits per heavy atom. The van der Waals surface area contributed by atoms with Crippen molar-refractivity contribution in [1.82, 2.24) is 10.2 Å². The molecule has 0 spiro atoms. The molecule has 1 saturated heterocycles. The molecule has 1 atom stereocenters. The maximum atomic E-state index is 11.7. The molecule has 1 N–H and O–H groups in total. The molecule has 0 aliphatic carbocycles. The fourth-order valence-corrected chi connectivity index (χ4v) is 1.52. The van der Waals surface area contributed by atoms with Gasteiger partial charge in [-0.05, 0) is 13.3 Å². The summed E-state index contributed by atoms with van der Waals surface area (Å²) in [7, 11) is 0. The highest BCUT2D eigenvalue weighted by Crippen LogP contribution is 2.05. The molecule has 1 unspecified atom stereocenters. The van der Waals surface area contributed by atoms with Gasteiger partial charge in [-0.15, -0.1) is 0 Å². The van der Waals surface area contributed by atoms with Gasteiger partial charge in [0.05, 0.1) is 12.2 Å². The summed E-state index contributed by atoms with van der Waals surface area (Å²) >= 11 is 0. The Kier molecular flexibility index (Phi) is 4.73. The van der Waals surface area contributed by atoms with E-state index in [1.807, 2.05) is 6.92 Å². The molecule has 0 aromatic carbocycles. The van der Waals surface area contributed by atoms with E-state index in [9.17, 15) is 9.59 Å². The molecule has 0 aromatic rings. The molecule has 1 heterocycles. The van der Waals surface area contributed by atoms with Gasteiger partial charge in [0.2, 0.25) is 0 Å². The van der Waals surface area contributed by atoms with E-state index >= 15 is 0 Å². The van der Waals surface area contributed by atoms with Gasteiger partial charge in [-0.3, -0.25) is 9.59 Å². The highest BCUT2D eigenvalue weighted by Gasteiger charge is 2.24. The van der Waals surface area contributed by atoms with Crippen molar-refractivity contribution < 1.29 is 14.3 Å². The van der Waals surface area contributed by atoms with E-state index in [4.69, 9.17) is 10.00 Å². The number of hydrogen-bond acceptors (Lipinski definition) is 4. The normalized spacial score (nSPS) is 20.8. The van der Waals surface area contributed by atoms with Crippen LogP contribution in [0.25, 0.3) is 0 Å². The van der Waals surface area contributed by atoms with Gasteiger partial charge < -0.3 is 15.0 Å². The fourth-order valence-electron chi connectivity index (χ4n) is 1.52. The quantitative estimate of drug-likeness (QED) is 0.471. The number of carbonyl (C=O) groups excluding carboxylic acids is 2. The first-order valence-corrected chi connectivity index (χ1v) is 5.21. The molecular formula is C10H15N3O3. The van der Waals surface area contributed by atoms with Gasteiger partial charge in [0.25, 0.3) is 0 Å². The predicted octanol–water partition coefficient (Wildman–Crippen LogP) is -0.736. The molecule has 16 heavy (non-hydrogen) atoms. The minimum Gasteiger partial charge on any atom is -0.377 e. The molecular weight excluding hydrogens is 210 g/mol. The van der Waals surface area contributed by atoms with Gasteiger partial charge in [0.15, 0.2) is 0 Å². The van der Waals surface area contributed by atoms with Crippen LogP contribution >= 0.6 is 0 Å². The molecule has 1 fully saturated rings. The lowest BCUT2D eigenvalue weighted by Crippen LogP contribution is -2.45. The Labute approximate surface area is 94.2 Å². The minimum atomic E-state index is -0.726. The molecule has 1 aliphatic heterocycles. The zero-order valence-electron chi connectivity index (χ0n) is 9.23. The number of nitrogens with zero attached hydrogens (tertiary/aromatic N) is 2. The molecule has 1 aliphatic rings. The first-order chi connectivity index (χ1) is 7.65. The summed E-state index contributed by atoms with van der Waals surface area (Å²) in [5.41, 5.74) is 0. The van der Waals surface area contributed by atoms with E-state index in [0.29, 0.717) is 19.7 Å². The van der Waals surface area contributed by atoms with Crippen molar-refractivity contribution in [3.05, 3.63) is 0 Å². The first-order valence-electron chi connectivity index (χ1n) is 5.21. The van der Waals surface area contributed by atoms with Gasteiger partial charge in [-0.25, -0.2) is 0 Å². The van der Waals surface area contributed by atoms with Crippen LogP contribution in [0.3, 0.4) is 0 Å². The Morgan fingerprint density at radius 2 is 2.38 bits per heavy atom. The van der Waals surface area contributed by atoms with Crippen LogP contribution in [0.5, 0.6) is 0 Å². The third-order valence-electron chi connectivity index (χ3n) is 2.26. The van der Waals surface area contributed by atoms with E-state index in [2.05, 4.69) is 5.32 Å². The molecule has 2 amide bonds. The number of amides is 2. The van der Waals surface area contributed by atoms with Gasteiger partial charge >= 0.3 is 11.8 Å². The van der Waals surface area contributed by atoms with Crippen molar-refractivity contribution >= 4 is 11.8 Å². The third kappa shape index (κ3) is 3.51. The second-order valence-corrected chi connectivity index (χ2v) is 3.63. The zero-order chi connectivity index (χ0) is 12.0. The van der Waals surface area contributed by atoms with Crippen LogP contribution in [0.4, 0.5) is 0 Å². The van der Waals surface area contributed by atoms with Crippen LogP contribution < -0.4 is 5.32 Å².